The van der Waals surface area contributed by atoms with Crippen LogP contribution in [0.5, 0.6) is 5.75 Å². The van der Waals surface area contributed by atoms with Gasteiger partial charge in [-0.25, -0.2) is 9.59 Å². The average molecular weight is 376 g/mol. The van der Waals surface area contributed by atoms with E-state index < -0.39 is 23.3 Å². The number of para-hydroxylation sites is 1. The van der Waals surface area contributed by atoms with E-state index in [1.165, 1.54) is 12.1 Å². The first-order chi connectivity index (χ1) is 10.9. The molecule has 0 aliphatic carbocycles. The van der Waals surface area contributed by atoms with E-state index in [-0.39, 0.29) is 11.3 Å². The van der Waals surface area contributed by atoms with Gasteiger partial charge in [-0.15, -0.1) is 0 Å². The number of amides is 2. The fourth-order valence-corrected chi connectivity index (χ4v) is 2.22. The van der Waals surface area contributed by atoms with Crippen molar-refractivity contribution in [1.29, 1.82) is 5.26 Å². The lowest BCUT2D eigenvalue weighted by atomic mass is 10.1. The highest BCUT2D eigenvalue weighted by atomic mass is 79.9. The van der Waals surface area contributed by atoms with Gasteiger partial charge in [-0.2, -0.15) is 5.26 Å². The molecule has 0 aliphatic heterocycles. The number of aromatic hydroxyl groups is 1. The molecule has 2 aromatic rings. The largest absolute Gasteiger partial charge is 0.505 e. The number of urea groups is 1. The minimum Gasteiger partial charge on any atom is -0.505 e. The zero-order chi connectivity index (χ0) is 17.0. The average Bonchev–Trinajstić information content (AvgIpc) is 2.51. The maximum Gasteiger partial charge on any atom is 0.340 e. The Morgan fingerprint density at radius 1 is 1.09 bits per heavy atom. The van der Waals surface area contributed by atoms with Crippen molar-refractivity contribution in [2.24, 2.45) is 0 Å². The van der Waals surface area contributed by atoms with Crippen molar-refractivity contribution in [3.8, 4) is 11.8 Å². The Morgan fingerprint density at radius 2 is 1.74 bits per heavy atom. The van der Waals surface area contributed by atoms with Crippen LogP contribution >= 0.6 is 15.9 Å². The van der Waals surface area contributed by atoms with Crippen molar-refractivity contribution in [3.63, 3.8) is 0 Å². The molecule has 0 saturated heterocycles. The van der Waals surface area contributed by atoms with Crippen LogP contribution in [0, 0.1) is 11.3 Å². The molecule has 116 valence electrons. The minimum atomic E-state index is -1.46. The van der Waals surface area contributed by atoms with Crippen LogP contribution in [-0.4, -0.2) is 22.2 Å². The number of carboxylic acids is 1. The van der Waals surface area contributed by atoms with Crippen LogP contribution in [0.15, 0.2) is 40.9 Å². The molecular formula is C15H10BrN3O4. The topological polar surface area (TPSA) is 122 Å². The van der Waals surface area contributed by atoms with E-state index in [1.807, 2.05) is 0 Å². The molecule has 0 unspecified atom stereocenters. The fraction of sp³-hybridized carbons (Fsp3) is 0. The number of rotatable bonds is 3. The van der Waals surface area contributed by atoms with Crippen molar-refractivity contribution in [2.45, 2.75) is 0 Å². The van der Waals surface area contributed by atoms with E-state index in [4.69, 9.17) is 10.4 Å². The number of aromatic carboxylic acids is 1. The highest BCUT2D eigenvalue weighted by molar-refractivity contribution is 9.10. The van der Waals surface area contributed by atoms with Crippen LogP contribution in [0.3, 0.4) is 0 Å². The Kier molecular flexibility index (Phi) is 4.83. The molecule has 0 aromatic heterocycles. The maximum absolute atomic E-state index is 12.0. The van der Waals surface area contributed by atoms with Gasteiger partial charge in [-0.3, -0.25) is 0 Å². The number of nitriles is 1. The molecule has 23 heavy (non-hydrogen) atoms. The van der Waals surface area contributed by atoms with E-state index in [9.17, 15) is 14.7 Å². The molecule has 0 heterocycles. The van der Waals surface area contributed by atoms with Gasteiger partial charge in [0.15, 0.2) is 5.75 Å². The Balaban J connectivity index is 2.25. The van der Waals surface area contributed by atoms with Crippen molar-refractivity contribution < 1.29 is 19.8 Å². The number of halogens is 1. The number of carboxylic acid groups (broad SMARTS) is 1. The lowest BCUT2D eigenvalue weighted by Gasteiger charge is -2.12. The monoisotopic (exact) mass is 375 g/mol. The van der Waals surface area contributed by atoms with E-state index >= 15 is 0 Å². The highest BCUT2D eigenvalue weighted by Gasteiger charge is 2.20. The van der Waals surface area contributed by atoms with Crippen LogP contribution in [0.4, 0.5) is 16.2 Å². The third kappa shape index (κ3) is 3.59. The summed E-state index contributed by atoms with van der Waals surface area (Å²) < 4.78 is 0.658. The first-order valence-corrected chi connectivity index (χ1v) is 7.05. The van der Waals surface area contributed by atoms with Gasteiger partial charge in [-0.1, -0.05) is 12.1 Å². The van der Waals surface area contributed by atoms with Gasteiger partial charge in [-0.05, 0) is 40.2 Å². The lowest BCUT2D eigenvalue weighted by Crippen LogP contribution is -2.20. The van der Waals surface area contributed by atoms with Crippen LogP contribution in [0.1, 0.15) is 15.9 Å². The Morgan fingerprint density at radius 3 is 2.35 bits per heavy atom. The third-order valence-corrected chi connectivity index (χ3v) is 3.57. The first kappa shape index (κ1) is 16.3. The van der Waals surface area contributed by atoms with Gasteiger partial charge in [0.25, 0.3) is 0 Å². The Bertz CT molecular complexity index is 830. The summed E-state index contributed by atoms with van der Waals surface area (Å²) in [5.74, 6) is -2.15. The summed E-state index contributed by atoms with van der Waals surface area (Å²) in [6.45, 7) is 0. The second kappa shape index (κ2) is 6.81. The Hall–Kier alpha value is -3.05. The van der Waals surface area contributed by atoms with E-state index in [0.717, 1.165) is 0 Å². The minimum absolute atomic E-state index is 0.119. The van der Waals surface area contributed by atoms with Gasteiger partial charge in [0, 0.05) is 4.47 Å². The van der Waals surface area contributed by atoms with Gasteiger partial charge >= 0.3 is 12.0 Å². The maximum atomic E-state index is 12.0. The molecule has 0 aliphatic rings. The second-order valence-electron chi connectivity index (χ2n) is 4.36. The number of carbonyl (C=O) groups is 2. The quantitative estimate of drug-likeness (QED) is 0.612. The molecule has 0 atom stereocenters. The Labute approximate surface area is 139 Å². The molecule has 0 spiro atoms. The van der Waals surface area contributed by atoms with Crippen molar-refractivity contribution in [2.75, 3.05) is 10.6 Å². The van der Waals surface area contributed by atoms with E-state index in [2.05, 4.69) is 26.6 Å². The number of nitrogens with one attached hydrogen (secondary N) is 2. The number of nitrogens with zero attached hydrogens (tertiary/aromatic N) is 1. The number of carbonyl (C=O) groups excluding carboxylic acids is 1. The smallest absolute Gasteiger partial charge is 0.340 e. The normalized spacial score (nSPS) is 9.74. The first-order valence-electron chi connectivity index (χ1n) is 6.26. The molecule has 0 fully saturated rings. The fourth-order valence-electron chi connectivity index (χ4n) is 1.84. The van der Waals surface area contributed by atoms with E-state index in [1.54, 1.807) is 30.3 Å². The molecular weight excluding hydrogens is 366 g/mol. The highest BCUT2D eigenvalue weighted by Crippen LogP contribution is 2.30. The second-order valence-corrected chi connectivity index (χ2v) is 5.21. The SMILES string of the molecule is N#Cc1ccc(NC(=O)Nc2ccccc2Br)c(O)c1C(=O)O. The molecule has 0 bridgehead atoms. The van der Waals surface area contributed by atoms with E-state index in [0.29, 0.717) is 10.2 Å². The number of benzene rings is 2. The summed E-state index contributed by atoms with van der Waals surface area (Å²) in [6.07, 6.45) is 0. The van der Waals surface area contributed by atoms with Gasteiger partial charge < -0.3 is 20.8 Å². The van der Waals surface area contributed by atoms with Crippen LogP contribution in [0.2, 0.25) is 0 Å². The molecule has 2 amide bonds. The summed E-state index contributed by atoms with van der Waals surface area (Å²) in [7, 11) is 0. The molecule has 2 aromatic carbocycles. The third-order valence-electron chi connectivity index (χ3n) is 2.88. The zero-order valence-corrected chi connectivity index (χ0v) is 13.1. The lowest BCUT2D eigenvalue weighted by molar-refractivity contribution is 0.0693. The van der Waals surface area contributed by atoms with Crippen LogP contribution in [-0.2, 0) is 0 Å². The number of phenols is 1. The zero-order valence-electron chi connectivity index (χ0n) is 11.5. The van der Waals surface area contributed by atoms with Gasteiger partial charge in [0.1, 0.15) is 11.6 Å². The number of hydrogen-bond donors (Lipinski definition) is 4. The summed E-state index contributed by atoms with van der Waals surface area (Å²) in [6, 6.07) is 10.3. The van der Waals surface area contributed by atoms with Crippen molar-refractivity contribution >= 4 is 39.3 Å². The van der Waals surface area contributed by atoms with Crippen molar-refractivity contribution in [3.05, 3.63) is 52.0 Å². The number of hydrogen-bond acceptors (Lipinski definition) is 4. The molecule has 4 N–H and O–H groups in total. The number of anilines is 2. The molecule has 0 radical (unpaired) electrons. The summed E-state index contributed by atoms with van der Waals surface area (Å²) in [4.78, 5) is 23.1. The summed E-state index contributed by atoms with van der Waals surface area (Å²) >= 11 is 3.27. The summed E-state index contributed by atoms with van der Waals surface area (Å²) in [5, 5.41) is 32.8. The standard InChI is InChI=1S/C15H10BrN3O4/c16-9-3-1-2-4-10(9)18-15(23)19-11-6-5-8(7-17)12(13(11)20)14(21)22/h1-6,20H,(H,21,22)(H2,18,19,23). The predicted molar refractivity (Wildman–Crippen MR) is 86.6 cm³/mol. The van der Waals surface area contributed by atoms with Crippen LogP contribution in [0.25, 0.3) is 0 Å². The molecule has 2 rings (SSSR count). The van der Waals surface area contributed by atoms with Crippen LogP contribution < -0.4 is 10.6 Å². The molecule has 7 nitrogen and oxygen atoms in total. The summed E-state index contributed by atoms with van der Waals surface area (Å²) in [5.41, 5.74) is -0.388. The van der Waals surface area contributed by atoms with Crippen molar-refractivity contribution in [1.82, 2.24) is 0 Å². The predicted octanol–water partition coefficient (Wildman–Crippen LogP) is 3.37. The van der Waals surface area contributed by atoms with Gasteiger partial charge in [0.05, 0.1) is 16.9 Å². The van der Waals surface area contributed by atoms with Gasteiger partial charge in [0.2, 0.25) is 0 Å². The molecule has 0 saturated carbocycles. The molecule has 8 heteroatoms.